The molecule has 0 aliphatic carbocycles. The zero-order valence-corrected chi connectivity index (χ0v) is 22.1. The van der Waals surface area contributed by atoms with Gasteiger partial charge in [0.1, 0.15) is 18.1 Å². The summed E-state index contributed by atoms with van der Waals surface area (Å²) in [5.41, 5.74) is 0. The third-order valence-corrected chi connectivity index (χ3v) is 7.19. The number of benzene rings is 2. The van der Waals surface area contributed by atoms with E-state index in [9.17, 15) is 9.59 Å². The van der Waals surface area contributed by atoms with Gasteiger partial charge >= 0.3 is 11.9 Å². The van der Waals surface area contributed by atoms with Gasteiger partial charge in [-0.25, -0.2) is 9.59 Å². The van der Waals surface area contributed by atoms with E-state index in [1.165, 1.54) is 4.90 Å². The molecule has 0 bridgehead atoms. The Labute approximate surface area is 220 Å². The van der Waals surface area contributed by atoms with Crippen LogP contribution in [0.4, 0.5) is 0 Å². The van der Waals surface area contributed by atoms with Gasteiger partial charge in [0.2, 0.25) is 0 Å². The number of nitrogens with one attached hydrogen (secondary N) is 1. The lowest BCUT2D eigenvalue weighted by Crippen LogP contribution is -2.42. The summed E-state index contributed by atoms with van der Waals surface area (Å²) in [5.74, 6) is 1.27. The molecule has 0 unspecified atom stereocenters. The Morgan fingerprint density at radius 3 is 2.56 bits per heavy atom. The molecule has 2 aromatic rings. The van der Waals surface area contributed by atoms with Crippen molar-refractivity contribution in [3.8, 4) is 11.5 Å². The van der Waals surface area contributed by atoms with E-state index >= 15 is 0 Å². The summed E-state index contributed by atoms with van der Waals surface area (Å²) >= 11 is 3.64. The van der Waals surface area contributed by atoms with Crippen LogP contribution in [0.2, 0.25) is 0 Å². The van der Waals surface area contributed by atoms with E-state index in [4.69, 9.17) is 24.4 Å². The Hall–Kier alpha value is -2.66. The number of aliphatic carboxylic acids is 2. The third-order valence-electron chi connectivity index (χ3n) is 4.78. The first kappa shape index (κ1) is 29.6. The molecule has 10 heteroatoms. The summed E-state index contributed by atoms with van der Waals surface area (Å²) in [7, 11) is 1.72. The van der Waals surface area contributed by atoms with Crippen molar-refractivity contribution >= 4 is 35.5 Å². The van der Waals surface area contributed by atoms with Gasteiger partial charge in [-0.15, -0.1) is 23.5 Å². The Balaban J connectivity index is 0.000000493. The number of carboxylic acid groups (broad SMARTS) is 2. The number of para-hydroxylation sites is 2. The molecule has 2 atom stereocenters. The summed E-state index contributed by atoms with van der Waals surface area (Å²) < 4.78 is 17.5. The Morgan fingerprint density at radius 1 is 1.17 bits per heavy atom. The highest BCUT2D eigenvalue weighted by atomic mass is 32.2. The number of methoxy groups -OCH3 is 1. The highest BCUT2D eigenvalue weighted by Gasteiger charge is 2.19. The van der Waals surface area contributed by atoms with E-state index < -0.39 is 11.9 Å². The first-order valence-electron chi connectivity index (χ1n) is 11.5. The lowest BCUT2D eigenvalue weighted by molar-refractivity contribution is -0.134. The van der Waals surface area contributed by atoms with Gasteiger partial charge in [0, 0.05) is 46.6 Å². The average molecular weight is 536 g/mol. The molecule has 0 saturated heterocycles. The lowest BCUT2D eigenvalue weighted by atomic mass is 10.3. The van der Waals surface area contributed by atoms with Gasteiger partial charge in [0.05, 0.1) is 19.3 Å². The maximum Gasteiger partial charge on any atom is 0.328 e. The van der Waals surface area contributed by atoms with Crippen molar-refractivity contribution in [2.24, 2.45) is 0 Å². The molecule has 2 aromatic carbocycles. The van der Waals surface area contributed by atoms with Crippen LogP contribution in [0.25, 0.3) is 0 Å². The van der Waals surface area contributed by atoms with Gasteiger partial charge in [0.15, 0.2) is 0 Å². The highest BCUT2D eigenvalue weighted by molar-refractivity contribution is 7.99. The molecular formula is C26H33NO7S2. The summed E-state index contributed by atoms with van der Waals surface area (Å²) in [6.45, 7) is 4.42. The summed E-state index contributed by atoms with van der Waals surface area (Å²) in [6, 6.07) is 16.7. The number of carbonyl (C=O) groups is 2. The van der Waals surface area contributed by atoms with Crippen LogP contribution in [0.15, 0.2) is 70.5 Å². The average Bonchev–Trinajstić information content (AvgIpc) is 3.10. The smallest absolute Gasteiger partial charge is 0.328 e. The first-order chi connectivity index (χ1) is 17.4. The van der Waals surface area contributed by atoms with Crippen molar-refractivity contribution < 1.29 is 34.0 Å². The van der Waals surface area contributed by atoms with Crippen molar-refractivity contribution in [3.05, 3.63) is 60.7 Å². The maximum atomic E-state index is 9.55. The SMILES string of the molecule is CCCO[C@@H](CN[C@@H]1COc2ccccc2SC1)CSc1ccccc1OC.O=C(O)/C=C\C(=O)O. The molecule has 1 aliphatic rings. The molecular weight excluding hydrogens is 502 g/mol. The number of thioether (sulfide) groups is 2. The predicted molar refractivity (Wildman–Crippen MR) is 143 cm³/mol. The van der Waals surface area contributed by atoms with E-state index in [1.54, 1.807) is 18.9 Å². The normalized spacial score (nSPS) is 15.6. The van der Waals surface area contributed by atoms with Gasteiger partial charge in [-0.05, 0) is 30.7 Å². The highest BCUT2D eigenvalue weighted by Crippen LogP contribution is 2.32. The molecule has 36 heavy (non-hydrogen) atoms. The van der Waals surface area contributed by atoms with Crippen molar-refractivity contribution in [2.75, 3.05) is 38.4 Å². The Bertz CT molecular complexity index is 943. The Kier molecular flexibility index (Phi) is 13.9. The third kappa shape index (κ3) is 11.4. The van der Waals surface area contributed by atoms with Gasteiger partial charge in [-0.3, -0.25) is 0 Å². The minimum Gasteiger partial charge on any atom is -0.496 e. The topological polar surface area (TPSA) is 114 Å². The van der Waals surface area contributed by atoms with Crippen LogP contribution in [0.1, 0.15) is 13.3 Å². The summed E-state index contributed by atoms with van der Waals surface area (Å²) in [5, 5.41) is 19.3. The van der Waals surface area contributed by atoms with Crippen LogP contribution in [0.3, 0.4) is 0 Å². The van der Waals surface area contributed by atoms with Crippen LogP contribution in [-0.2, 0) is 14.3 Å². The van der Waals surface area contributed by atoms with E-state index in [2.05, 4.69) is 30.4 Å². The standard InChI is InChI=1S/C22H29NO3S2.C4H4O4/c1-3-12-25-18(16-28-21-10-6-4-8-19(21)24-2)13-23-17-14-26-20-9-5-7-11-22(20)27-15-17;5-3(6)1-2-4(7)8/h4-11,17-18,23H,3,12-16H2,1-2H3;1-2H,(H,5,6)(H,7,8)/b;2-1-/t17-,18+;/m1./s1. The molecule has 0 saturated carbocycles. The first-order valence-corrected chi connectivity index (χ1v) is 13.5. The van der Waals surface area contributed by atoms with Crippen LogP contribution in [0, 0.1) is 0 Å². The van der Waals surface area contributed by atoms with Crippen molar-refractivity contribution in [3.63, 3.8) is 0 Å². The van der Waals surface area contributed by atoms with E-state index in [-0.39, 0.29) is 6.10 Å². The van der Waals surface area contributed by atoms with Crippen molar-refractivity contribution in [1.29, 1.82) is 0 Å². The van der Waals surface area contributed by atoms with Gasteiger partial charge < -0.3 is 29.7 Å². The largest absolute Gasteiger partial charge is 0.496 e. The molecule has 0 amide bonds. The number of rotatable bonds is 12. The van der Waals surface area contributed by atoms with E-state index in [1.807, 2.05) is 42.1 Å². The molecule has 0 fully saturated rings. The number of hydrogen-bond acceptors (Lipinski definition) is 8. The maximum absolute atomic E-state index is 9.55. The minimum atomic E-state index is -1.26. The van der Waals surface area contributed by atoms with E-state index in [0.29, 0.717) is 24.8 Å². The van der Waals surface area contributed by atoms with E-state index in [0.717, 1.165) is 47.5 Å². The van der Waals surface area contributed by atoms with Crippen LogP contribution in [0.5, 0.6) is 11.5 Å². The van der Waals surface area contributed by atoms with Crippen LogP contribution < -0.4 is 14.8 Å². The van der Waals surface area contributed by atoms with Crippen LogP contribution >= 0.6 is 23.5 Å². The van der Waals surface area contributed by atoms with Gasteiger partial charge in [-0.2, -0.15) is 0 Å². The molecule has 196 valence electrons. The second-order valence-corrected chi connectivity index (χ2v) is 9.76. The molecule has 8 nitrogen and oxygen atoms in total. The summed E-state index contributed by atoms with van der Waals surface area (Å²) in [6.07, 6.45) is 2.28. The zero-order chi connectivity index (χ0) is 26.2. The molecule has 1 aliphatic heterocycles. The predicted octanol–water partition coefficient (Wildman–Crippen LogP) is 4.44. The summed E-state index contributed by atoms with van der Waals surface area (Å²) in [4.78, 5) is 21.5. The molecule has 0 aromatic heterocycles. The molecule has 0 radical (unpaired) electrons. The zero-order valence-electron chi connectivity index (χ0n) is 20.4. The fourth-order valence-electron chi connectivity index (χ4n) is 3.05. The molecule has 3 rings (SSSR count). The van der Waals surface area contributed by atoms with Gasteiger partial charge in [-0.1, -0.05) is 31.2 Å². The Morgan fingerprint density at radius 2 is 1.86 bits per heavy atom. The van der Waals surface area contributed by atoms with Crippen molar-refractivity contribution in [1.82, 2.24) is 5.32 Å². The number of hydrogen-bond donors (Lipinski definition) is 3. The fraction of sp³-hybridized carbons (Fsp3) is 0.385. The second kappa shape index (κ2) is 16.9. The number of fused-ring (bicyclic) bond motifs is 1. The monoisotopic (exact) mass is 535 g/mol. The number of ether oxygens (including phenoxy) is 3. The lowest BCUT2D eigenvalue weighted by Gasteiger charge is -2.22. The fourth-order valence-corrected chi connectivity index (χ4v) is 5.13. The van der Waals surface area contributed by atoms with Crippen molar-refractivity contribution in [2.45, 2.75) is 35.3 Å². The number of carboxylic acids is 2. The quantitative estimate of drug-likeness (QED) is 0.266. The minimum absolute atomic E-state index is 0.144. The molecule has 1 heterocycles. The second-order valence-electron chi connectivity index (χ2n) is 7.64. The molecule has 0 spiro atoms. The van der Waals surface area contributed by atoms with Gasteiger partial charge in [0.25, 0.3) is 0 Å². The van der Waals surface area contributed by atoms with Crippen LogP contribution in [-0.4, -0.2) is 72.7 Å². The molecule has 3 N–H and O–H groups in total.